The Morgan fingerprint density at radius 3 is 2.81 bits per heavy atom. The number of thioether (sulfide) groups is 1. The number of aromatic nitrogens is 5. The fourth-order valence-corrected chi connectivity index (χ4v) is 5.62. The molecule has 0 aromatic carbocycles. The molecule has 0 amide bonds. The van der Waals surface area contributed by atoms with Crippen LogP contribution >= 0.6 is 11.8 Å². The third-order valence-corrected chi connectivity index (χ3v) is 7.44. The van der Waals surface area contributed by atoms with Gasteiger partial charge in [-0.2, -0.15) is 0 Å². The van der Waals surface area contributed by atoms with Crippen LogP contribution in [0.5, 0.6) is 0 Å². The lowest BCUT2D eigenvalue weighted by Gasteiger charge is -2.31. The molecular weight excluding hydrogens is 418 g/mol. The minimum absolute atomic E-state index is 0.118. The number of aryl methyl sites for hydroxylation is 1. The number of pyridine rings is 1. The van der Waals surface area contributed by atoms with Gasteiger partial charge in [0.2, 0.25) is 0 Å². The quantitative estimate of drug-likeness (QED) is 0.252. The summed E-state index contributed by atoms with van der Waals surface area (Å²) in [5, 5.41) is 9.87. The molecule has 1 aliphatic rings. The summed E-state index contributed by atoms with van der Waals surface area (Å²) in [7, 11) is 0. The maximum Gasteiger partial charge on any atom is 0.192 e. The van der Waals surface area contributed by atoms with Crippen molar-refractivity contribution >= 4 is 17.5 Å². The molecule has 2 atom stereocenters. The Labute approximate surface area is 194 Å². The molecule has 3 aromatic rings. The number of hydrogen-bond acceptors (Lipinski definition) is 5. The van der Waals surface area contributed by atoms with E-state index in [1.54, 1.807) is 6.20 Å². The summed E-state index contributed by atoms with van der Waals surface area (Å²) in [5.74, 6) is 1.84. The van der Waals surface area contributed by atoms with E-state index >= 15 is 0 Å². The standard InChI is InChI=1S/C25H31N5OS/c1-5-13-29-18(3)14-21(19(29)4)23(31)16-32-25-28-27-24(20-10-8-12-26-15-20)30(25)22-11-7-6-9-17(22)2/h5,8,10,12,14-15,17,22H,1,6-7,9,11,13,16H2,2-4H3. The molecule has 1 aliphatic carbocycles. The molecule has 0 spiro atoms. The molecule has 1 fully saturated rings. The van der Waals surface area contributed by atoms with Crippen molar-refractivity contribution in [3.8, 4) is 11.4 Å². The number of Topliss-reactive ketones (excluding diaryl/α,β-unsaturated/α-hetero) is 1. The molecule has 0 N–H and O–H groups in total. The first-order chi connectivity index (χ1) is 15.5. The third-order valence-electron chi connectivity index (χ3n) is 6.50. The SMILES string of the molecule is C=CCn1c(C)cc(C(=O)CSc2nnc(-c3cccnc3)n2C2CCCCC2C)c1C. The van der Waals surface area contributed by atoms with Gasteiger partial charge in [0.15, 0.2) is 16.8 Å². The zero-order chi connectivity index (χ0) is 22.7. The lowest BCUT2D eigenvalue weighted by molar-refractivity contribution is 0.102. The van der Waals surface area contributed by atoms with Gasteiger partial charge in [0.25, 0.3) is 0 Å². The van der Waals surface area contributed by atoms with Gasteiger partial charge in [0, 0.05) is 47.5 Å². The van der Waals surface area contributed by atoms with Crippen molar-refractivity contribution in [2.45, 2.75) is 64.2 Å². The lowest BCUT2D eigenvalue weighted by atomic mass is 9.85. The van der Waals surface area contributed by atoms with E-state index < -0.39 is 0 Å². The van der Waals surface area contributed by atoms with Crippen LogP contribution < -0.4 is 0 Å². The first-order valence-electron chi connectivity index (χ1n) is 11.3. The van der Waals surface area contributed by atoms with Crippen molar-refractivity contribution in [3.05, 3.63) is 60.2 Å². The second kappa shape index (κ2) is 9.86. The van der Waals surface area contributed by atoms with Crippen LogP contribution in [-0.2, 0) is 6.54 Å². The Morgan fingerprint density at radius 2 is 2.09 bits per heavy atom. The zero-order valence-electron chi connectivity index (χ0n) is 19.1. The van der Waals surface area contributed by atoms with Crippen LogP contribution in [0.1, 0.15) is 60.4 Å². The predicted molar refractivity (Wildman–Crippen MR) is 129 cm³/mol. The van der Waals surface area contributed by atoms with Crippen molar-refractivity contribution in [1.82, 2.24) is 24.3 Å². The van der Waals surface area contributed by atoms with Gasteiger partial charge in [-0.15, -0.1) is 16.8 Å². The van der Waals surface area contributed by atoms with E-state index in [2.05, 4.69) is 37.8 Å². The molecule has 2 unspecified atom stereocenters. The molecule has 3 aromatic heterocycles. The van der Waals surface area contributed by atoms with Crippen LogP contribution in [0, 0.1) is 19.8 Å². The van der Waals surface area contributed by atoms with E-state index in [9.17, 15) is 4.79 Å². The smallest absolute Gasteiger partial charge is 0.192 e. The molecule has 1 saturated carbocycles. The van der Waals surface area contributed by atoms with Crippen molar-refractivity contribution in [3.63, 3.8) is 0 Å². The summed E-state index contributed by atoms with van der Waals surface area (Å²) in [6.07, 6.45) is 10.2. The fraction of sp³-hybridized carbons (Fsp3) is 0.440. The maximum atomic E-state index is 13.1. The van der Waals surface area contributed by atoms with Crippen LogP contribution in [-0.4, -0.2) is 35.9 Å². The molecule has 168 valence electrons. The van der Waals surface area contributed by atoms with Gasteiger partial charge in [-0.05, 0) is 50.8 Å². The summed E-state index contributed by atoms with van der Waals surface area (Å²) in [4.78, 5) is 17.4. The fourth-order valence-electron chi connectivity index (χ4n) is 4.75. The van der Waals surface area contributed by atoms with Gasteiger partial charge in [-0.1, -0.05) is 37.6 Å². The molecule has 4 rings (SSSR count). The molecule has 0 aliphatic heterocycles. The highest BCUT2D eigenvalue weighted by molar-refractivity contribution is 7.99. The minimum atomic E-state index is 0.118. The molecule has 6 nitrogen and oxygen atoms in total. The van der Waals surface area contributed by atoms with Crippen molar-refractivity contribution in [2.24, 2.45) is 5.92 Å². The number of carbonyl (C=O) groups excluding carboxylic acids is 1. The predicted octanol–water partition coefficient (Wildman–Crippen LogP) is 5.67. The van der Waals surface area contributed by atoms with E-state index in [1.165, 1.54) is 31.0 Å². The summed E-state index contributed by atoms with van der Waals surface area (Å²) >= 11 is 1.49. The molecule has 3 heterocycles. The van der Waals surface area contributed by atoms with Gasteiger partial charge < -0.3 is 4.57 Å². The van der Waals surface area contributed by atoms with Crippen molar-refractivity contribution < 1.29 is 4.79 Å². The van der Waals surface area contributed by atoms with Crippen LogP contribution in [0.4, 0.5) is 0 Å². The largest absolute Gasteiger partial charge is 0.345 e. The zero-order valence-corrected chi connectivity index (χ0v) is 19.9. The normalized spacial score (nSPS) is 18.6. The lowest BCUT2D eigenvalue weighted by Crippen LogP contribution is -2.22. The Morgan fingerprint density at radius 1 is 1.28 bits per heavy atom. The highest BCUT2D eigenvalue weighted by atomic mass is 32.2. The molecule has 0 bridgehead atoms. The topological polar surface area (TPSA) is 65.6 Å². The minimum Gasteiger partial charge on any atom is -0.345 e. The third kappa shape index (κ3) is 4.44. The van der Waals surface area contributed by atoms with E-state index in [0.717, 1.165) is 39.9 Å². The number of allylic oxidation sites excluding steroid dienone is 1. The Hall–Kier alpha value is -2.67. The second-order valence-corrected chi connectivity index (χ2v) is 9.59. The van der Waals surface area contributed by atoms with E-state index in [4.69, 9.17) is 0 Å². The molecule has 0 saturated heterocycles. The average molecular weight is 450 g/mol. The van der Waals surface area contributed by atoms with Gasteiger partial charge in [-0.3, -0.25) is 14.3 Å². The summed E-state index contributed by atoms with van der Waals surface area (Å²) in [6.45, 7) is 10.9. The second-order valence-electron chi connectivity index (χ2n) is 8.64. The monoisotopic (exact) mass is 449 g/mol. The highest BCUT2D eigenvalue weighted by Crippen LogP contribution is 2.39. The molecular formula is C25H31N5OS. The summed E-state index contributed by atoms with van der Waals surface area (Å²) in [5.41, 5.74) is 3.81. The van der Waals surface area contributed by atoms with E-state index in [0.29, 0.717) is 24.3 Å². The maximum absolute atomic E-state index is 13.1. The van der Waals surface area contributed by atoms with Crippen LogP contribution in [0.2, 0.25) is 0 Å². The van der Waals surface area contributed by atoms with E-state index in [1.807, 2.05) is 44.3 Å². The van der Waals surface area contributed by atoms with Crippen molar-refractivity contribution in [1.29, 1.82) is 0 Å². The van der Waals surface area contributed by atoms with Gasteiger partial charge in [-0.25, -0.2) is 0 Å². The average Bonchev–Trinajstić information content (AvgIpc) is 3.35. The number of carbonyl (C=O) groups is 1. The van der Waals surface area contributed by atoms with Gasteiger partial charge in [0.1, 0.15) is 0 Å². The van der Waals surface area contributed by atoms with E-state index in [-0.39, 0.29) is 5.78 Å². The van der Waals surface area contributed by atoms with Crippen LogP contribution in [0.25, 0.3) is 11.4 Å². The Kier molecular flexibility index (Phi) is 6.94. The molecule has 0 radical (unpaired) electrons. The number of hydrogen-bond donors (Lipinski definition) is 0. The van der Waals surface area contributed by atoms with Gasteiger partial charge >= 0.3 is 0 Å². The Balaban J connectivity index is 1.61. The van der Waals surface area contributed by atoms with Crippen molar-refractivity contribution in [2.75, 3.05) is 5.75 Å². The number of nitrogens with zero attached hydrogens (tertiary/aromatic N) is 5. The van der Waals surface area contributed by atoms with Crippen LogP contribution in [0.3, 0.4) is 0 Å². The van der Waals surface area contributed by atoms with Gasteiger partial charge in [0.05, 0.1) is 5.75 Å². The molecule has 7 heteroatoms. The number of rotatable bonds is 8. The summed E-state index contributed by atoms with van der Waals surface area (Å²) in [6, 6.07) is 6.27. The summed E-state index contributed by atoms with van der Waals surface area (Å²) < 4.78 is 4.39. The number of ketones is 1. The van der Waals surface area contributed by atoms with Crippen LogP contribution in [0.15, 0.2) is 48.4 Å². The first kappa shape index (κ1) is 22.5. The molecule has 32 heavy (non-hydrogen) atoms. The first-order valence-corrected chi connectivity index (χ1v) is 12.3. The highest BCUT2D eigenvalue weighted by Gasteiger charge is 2.29. The Bertz CT molecular complexity index is 1100.